The lowest BCUT2D eigenvalue weighted by atomic mass is 10.3. The average molecular weight is 315 g/mol. The smallest absolute Gasteiger partial charge is 0.193 e. The van der Waals surface area contributed by atoms with Crippen LogP contribution in [0.3, 0.4) is 0 Å². The maximum absolute atomic E-state index is 5.89. The maximum Gasteiger partial charge on any atom is 0.193 e. The summed E-state index contributed by atoms with van der Waals surface area (Å²) in [6.45, 7) is 2.92. The van der Waals surface area contributed by atoms with Gasteiger partial charge in [-0.05, 0) is 25.0 Å². The third kappa shape index (κ3) is 3.98. The summed E-state index contributed by atoms with van der Waals surface area (Å²) >= 11 is 1.73. The van der Waals surface area contributed by atoms with Crippen LogP contribution in [0.2, 0.25) is 0 Å². The van der Waals surface area contributed by atoms with E-state index in [1.165, 1.54) is 12.8 Å². The predicted octanol–water partition coefficient (Wildman–Crippen LogP) is 2.71. The Balaban J connectivity index is 1.48. The lowest BCUT2D eigenvalue weighted by Crippen LogP contribution is -2.23. The number of nitrogens with zero attached hydrogens (tertiary/aromatic N) is 3. The third-order valence-corrected chi connectivity index (χ3v) is 4.56. The number of para-hydroxylation sites is 1. The van der Waals surface area contributed by atoms with Gasteiger partial charge in [0.2, 0.25) is 0 Å². The van der Waals surface area contributed by atoms with Gasteiger partial charge in [-0.1, -0.05) is 18.2 Å². The summed E-state index contributed by atoms with van der Waals surface area (Å²) in [7, 11) is 0. The van der Waals surface area contributed by atoms with Gasteiger partial charge in [-0.15, -0.1) is 11.3 Å². The van der Waals surface area contributed by atoms with E-state index in [-0.39, 0.29) is 0 Å². The van der Waals surface area contributed by atoms with Crippen LogP contribution in [0.1, 0.15) is 18.5 Å². The van der Waals surface area contributed by atoms with Crippen LogP contribution >= 0.6 is 11.3 Å². The molecule has 0 saturated carbocycles. The van der Waals surface area contributed by atoms with Crippen LogP contribution in [0.25, 0.3) is 0 Å². The summed E-state index contributed by atoms with van der Waals surface area (Å²) in [5.41, 5.74) is 7.94. The fourth-order valence-electron chi connectivity index (χ4n) is 2.46. The summed E-state index contributed by atoms with van der Waals surface area (Å²) in [6.07, 6.45) is 3.38. The number of aliphatic imine (C=N–C) groups is 1. The molecule has 1 saturated heterocycles. The molecule has 0 radical (unpaired) electrons. The molecule has 0 spiro atoms. The van der Waals surface area contributed by atoms with Gasteiger partial charge in [-0.2, -0.15) is 0 Å². The summed E-state index contributed by atoms with van der Waals surface area (Å²) in [5, 5.41) is 6.35. The lowest BCUT2D eigenvalue weighted by Gasteiger charge is -2.12. The van der Waals surface area contributed by atoms with Crippen molar-refractivity contribution < 1.29 is 0 Å². The lowest BCUT2D eigenvalue weighted by molar-refractivity contribution is 0.907. The molecule has 0 bridgehead atoms. The molecule has 5 nitrogen and oxygen atoms in total. The molecule has 22 heavy (non-hydrogen) atoms. The van der Waals surface area contributed by atoms with Gasteiger partial charge < -0.3 is 16.0 Å². The molecule has 6 heteroatoms. The Hall–Kier alpha value is -2.08. The first-order valence-corrected chi connectivity index (χ1v) is 8.50. The first-order valence-electron chi connectivity index (χ1n) is 7.62. The largest absolute Gasteiger partial charge is 0.370 e. The van der Waals surface area contributed by atoms with E-state index in [1.807, 2.05) is 30.3 Å². The van der Waals surface area contributed by atoms with Gasteiger partial charge in [0.25, 0.3) is 0 Å². The number of nitrogens with two attached hydrogens (primary N) is 1. The number of rotatable bonds is 5. The number of hydrogen-bond acceptors (Lipinski definition) is 4. The van der Waals surface area contributed by atoms with Crippen molar-refractivity contribution >= 4 is 28.1 Å². The minimum absolute atomic E-state index is 0.446. The van der Waals surface area contributed by atoms with E-state index in [0.29, 0.717) is 12.5 Å². The zero-order valence-corrected chi connectivity index (χ0v) is 13.4. The zero-order chi connectivity index (χ0) is 15.2. The fourth-order valence-corrected chi connectivity index (χ4v) is 3.38. The monoisotopic (exact) mass is 315 g/mol. The molecule has 0 aliphatic carbocycles. The van der Waals surface area contributed by atoms with Crippen molar-refractivity contribution in [3.05, 3.63) is 41.4 Å². The molecule has 1 aromatic heterocycles. The Bertz CT molecular complexity index is 616. The zero-order valence-electron chi connectivity index (χ0n) is 12.5. The minimum Gasteiger partial charge on any atom is -0.370 e. The van der Waals surface area contributed by atoms with Gasteiger partial charge in [0, 0.05) is 37.1 Å². The maximum atomic E-state index is 5.89. The van der Waals surface area contributed by atoms with E-state index in [2.05, 4.69) is 25.6 Å². The number of guanidine groups is 1. The standard InChI is InChI=1S/C16H21N5S/c17-15(19-13-6-2-1-3-7-13)18-9-8-14-12-22-16(20-14)21-10-4-5-11-21/h1-3,6-7,12H,4-5,8-11H2,(H3,17,18,19). The molecule has 3 rings (SSSR count). The van der Waals surface area contributed by atoms with Crippen molar-refractivity contribution in [2.45, 2.75) is 19.3 Å². The van der Waals surface area contributed by atoms with Crippen LogP contribution in [0.15, 0.2) is 40.7 Å². The summed E-state index contributed by atoms with van der Waals surface area (Å²) in [5.74, 6) is 0.446. The second-order valence-electron chi connectivity index (χ2n) is 5.32. The topological polar surface area (TPSA) is 66.5 Å². The molecule has 1 fully saturated rings. The Labute approximate surface area is 134 Å². The van der Waals surface area contributed by atoms with Crippen molar-refractivity contribution in [3.63, 3.8) is 0 Å². The molecular weight excluding hydrogens is 294 g/mol. The number of hydrogen-bond donors (Lipinski definition) is 2. The molecule has 1 aliphatic heterocycles. The average Bonchev–Trinajstić information content (AvgIpc) is 3.19. The van der Waals surface area contributed by atoms with E-state index < -0.39 is 0 Å². The van der Waals surface area contributed by atoms with E-state index in [4.69, 9.17) is 5.73 Å². The first-order chi connectivity index (χ1) is 10.8. The van der Waals surface area contributed by atoms with Crippen molar-refractivity contribution in [1.82, 2.24) is 4.98 Å². The van der Waals surface area contributed by atoms with Crippen LogP contribution in [0.5, 0.6) is 0 Å². The molecule has 2 aromatic rings. The van der Waals surface area contributed by atoms with E-state index in [0.717, 1.165) is 36.0 Å². The molecule has 1 aromatic carbocycles. The molecule has 3 N–H and O–H groups in total. The fraction of sp³-hybridized carbons (Fsp3) is 0.375. The number of nitrogens with one attached hydrogen (secondary N) is 1. The summed E-state index contributed by atoms with van der Waals surface area (Å²) in [6, 6.07) is 9.82. The van der Waals surface area contributed by atoms with Gasteiger partial charge in [0.15, 0.2) is 11.1 Å². The number of anilines is 2. The Morgan fingerprint density at radius 2 is 2.05 bits per heavy atom. The molecule has 0 unspecified atom stereocenters. The van der Waals surface area contributed by atoms with E-state index >= 15 is 0 Å². The van der Waals surface area contributed by atoms with E-state index in [1.54, 1.807) is 11.3 Å². The number of thiazole rings is 1. The number of benzene rings is 1. The predicted molar refractivity (Wildman–Crippen MR) is 93.8 cm³/mol. The van der Waals surface area contributed by atoms with Gasteiger partial charge in [0.05, 0.1) is 5.69 Å². The van der Waals surface area contributed by atoms with Crippen molar-refractivity contribution in [2.75, 3.05) is 29.9 Å². The van der Waals surface area contributed by atoms with Crippen LogP contribution in [-0.4, -0.2) is 30.6 Å². The molecule has 2 heterocycles. The highest BCUT2D eigenvalue weighted by molar-refractivity contribution is 7.13. The van der Waals surface area contributed by atoms with Gasteiger partial charge >= 0.3 is 0 Å². The molecule has 1 aliphatic rings. The quantitative estimate of drug-likeness (QED) is 0.657. The third-order valence-electron chi connectivity index (χ3n) is 3.61. The molecule has 0 atom stereocenters. The van der Waals surface area contributed by atoms with Crippen LogP contribution in [0, 0.1) is 0 Å². The highest BCUT2D eigenvalue weighted by Crippen LogP contribution is 2.24. The van der Waals surface area contributed by atoms with Crippen molar-refractivity contribution in [1.29, 1.82) is 0 Å². The van der Waals surface area contributed by atoms with Gasteiger partial charge in [-0.25, -0.2) is 4.98 Å². The molecular formula is C16H21N5S. The number of aromatic nitrogens is 1. The molecule has 116 valence electrons. The summed E-state index contributed by atoms with van der Waals surface area (Å²) in [4.78, 5) is 11.4. The Morgan fingerprint density at radius 3 is 2.82 bits per heavy atom. The Kier molecular flexibility index (Phi) is 4.90. The van der Waals surface area contributed by atoms with Crippen LogP contribution in [0.4, 0.5) is 10.8 Å². The normalized spacial score (nSPS) is 15.3. The second-order valence-corrected chi connectivity index (χ2v) is 6.16. The SMILES string of the molecule is NC(=NCCc1csc(N2CCCC2)n1)Nc1ccccc1. The second kappa shape index (κ2) is 7.26. The minimum atomic E-state index is 0.446. The van der Waals surface area contributed by atoms with Crippen molar-refractivity contribution in [2.24, 2.45) is 10.7 Å². The van der Waals surface area contributed by atoms with Gasteiger partial charge in [0.1, 0.15) is 0 Å². The van der Waals surface area contributed by atoms with E-state index in [9.17, 15) is 0 Å². The first kappa shape index (κ1) is 14.8. The van der Waals surface area contributed by atoms with Crippen LogP contribution in [-0.2, 0) is 6.42 Å². The van der Waals surface area contributed by atoms with Crippen molar-refractivity contribution in [3.8, 4) is 0 Å². The Morgan fingerprint density at radius 1 is 1.27 bits per heavy atom. The van der Waals surface area contributed by atoms with Gasteiger partial charge in [-0.3, -0.25) is 4.99 Å². The highest BCUT2D eigenvalue weighted by Gasteiger charge is 2.15. The van der Waals surface area contributed by atoms with Crippen LogP contribution < -0.4 is 16.0 Å². The summed E-state index contributed by atoms with van der Waals surface area (Å²) < 4.78 is 0. The highest BCUT2D eigenvalue weighted by atomic mass is 32.1. The molecule has 0 amide bonds.